The Morgan fingerprint density at radius 1 is 1.21 bits per heavy atom. The average molecular weight is 197 g/mol. The Kier molecular flexibility index (Phi) is 2.30. The number of carbonyl (C=O) groups excluding carboxylic acids is 1. The number of hydrogen-bond donors (Lipinski definition) is 1. The van der Waals surface area contributed by atoms with Crippen molar-refractivity contribution in [1.29, 1.82) is 0 Å². The molecule has 2 aliphatic rings. The van der Waals surface area contributed by atoms with Crippen molar-refractivity contribution < 1.29 is 9.28 Å². The number of rotatable bonds is 1. The van der Waals surface area contributed by atoms with Crippen LogP contribution in [-0.2, 0) is 4.79 Å². The zero-order chi connectivity index (χ0) is 10.3. The van der Waals surface area contributed by atoms with Crippen LogP contribution in [0.5, 0.6) is 0 Å². The molecule has 0 spiro atoms. The van der Waals surface area contributed by atoms with Gasteiger partial charge < -0.3 is 9.80 Å². The van der Waals surface area contributed by atoms with E-state index in [9.17, 15) is 4.79 Å². The van der Waals surface area contributed by atoms with Crippen LogP contribution < -0.4 is 5.32 Å². The molecule has 2 atom stereocenters. The Balaban J connectivity index is 1.90. The van der Waals surface area contributed by atoms with Gasteiger partial charge in [0.2, 0.25) is 5.91 Å². The van der Waals surface area contributed by atoms with Crippen LogP contribution in [0.3, 0.4) is 0 Å². The maximum Gasteiger partial charge on any atom is 0.217 e. The molecule has 2 fully saturated rings. The minimum absolute atomic E-state index is 0.128. The van der Waals surface area contributed by atoms with Crippen molar-refractivity contribution in [2.45, 2.75) is 25.8 Å². The third-order valence-corrected chi connectivity index (χ3v) is 3.71. The van der Waals surface area contributed by atoms with Gasteiger partial charge in [-0.15, -0.1) is 0 Å². The fourth-order valence-corrected chi connectivity index (χ4v) is 3.41. The summed E-state index contributed by atoms with van der Waals surface area (Å²) in [5.41, 5.74) is 0. The van der Waals surface area contributed by atoms with Gasteiger partial charge in [-0.05, 0) is 12.8 Å². The van der Waals surface area contributed by atoms with Crippen molar-refractivity contribution in [2.24, 2.45) is 11.8 Å². The second-order valence-electron chi connectivity index (χ2n) is 5.69. The number of nitrogens with one attached hydrogen (secondary N) is 1. The van der Waals surface area contributed by atoms with Gasteiger partial charge in [0.1, 0.15) is 0 Å². The van der Waals surface area contributed by atoms with E-state index < -0.39 is 0 Å². The van der Waals surface area contributed by atoms with E-state index in [0.717, 1.165) is 11.8 Å². The minimum atomic E-state index is 0.128. The highest BCUT2D eigenvalue weighted by Gasteiger charge is 2.46. The van der Waals surface area contributed by atoms with Crippen LogP contribution in [-0.4, -0.2) is 43.6 Å². The summed E-state index contributed by atoms with van der Waals surface area (Å²) >= 11 is 0. The highest BCUT2D eigenvalue weighted by molar-refractivity contribution is 5.73. The topological polar surface area (TPSA) is 29.1 Å². The lowest BCUT2D eigenvalue weighted by Gasteiger charge is -2.25. The van der Waals surface area contributed by atoms with Gasteiger partial charge in [-0.1, -0.05) is 0 Å². The van der Waals surface area contributed by atoms with Crippen molar-refractivity contribution in [3.63, 3.8) is 0 Å². The van der Waals surface area contributed by atoms with Crippen LogP contribution in [0.4, 0.5) is 0 Å². The number of likely N-dealkylation sites (tertiary alicyclic amines) is 1. The number of quaternary nitrogens is 1. The van der Waals surface area contributed by atoms with Crippen LogP contribution in [0.2, 0.25) is 0 Å². The van der Waals surface area contributed by atoms with Gasteiger partial charge in [0, 0.05) is 24.8 Å². The summed E-state index contributed by atoms with van der Waals surface area (Å²) in [5.74, 6) is 1.83. The van der Waals surface area contributed by atoms with E-state index in [1.807, 2.05) is 0 Å². The third kappa shape index (κ3) is 1.92. The van der Waals surface area contributed by atoms with Gasteiger partial charge in [0.25, 0.3) is 0 Å². The van der Waals surface area contributed by atoms with E-state index >= 15 is 0 Å². The second-order valence-corrected chi connectivity index (χ2v) is 5.69. The fraction of sp³-hybridized carbons (Fsp3) is 0.909. The average Bonchev–Trinajstić information content (AvgIpc) is 2.38. The lowest BCUT2D eigenvalue weighted by molar-refractivity contribution is -0.881. The summed E-state index contributed by atoms with van der Waals surface area (Å²) in [5, 5.41) is 3.05. The first-order valence-corrected chi connectivity index (χ1v) is 5.55. The second kappa shape index (κ2) is 3.23. The van der Waals surface area contributed by atoms with Gasteiger partial charge >= 0.3 is 0 Å². The van der Waals surface area contributed by atoms with Crippen molar-refractivity contribution in [3.8, 4) is 0 Å². The Labute approximate surface area is 86.1 Å². The quantitative estimate of drug-likeness (QED) is 0.613. The van der Waals surface area contributed by atoms with E-state index in [1.54, 1.807) is 6.92 Å². The summed E-state index contributed by atoms with van der Waals surface area (Å²) in [7, 11) is 4.62. The molecule has 1 amide bonds. The molecule has 3 nitrogen and oxygen atoms in total. The molecule has 0 aromatic carbocycles. The SMILES string of the molecule is CC(=O)NC1CC2C[N+](C)(C)CC2C1. The molecule has 14 heavy (non-hydrogen) atoms. The van der Waals surface area contributed by atoms with E-state index in [1.165, 1.54) is 30.4 Å². The molecular weight excluding hydrogens is 176 g/mol. The molecule has 0 aromatic heterocycles. The fourth-order valence-electron chi connectivity index (χ4n) is 3.41. The van der Waals surface area contributed by atoms with Gasteiger partial charge in [0.05, 0.1) is 27.2 Å². The molecule has 0 radical (unpaired) electrons. The number of amides is 1. The van der Waals surface area contributed by atoms with Gasteiger partial charge in [-0.3, -0.25) is 4.79 Å². The Morgan fingerprint density at radius 2 is 1.71 bits per heavy atom. The van der Waals surface area contributed by atoms with Crippen molar-refractivity contribution in [1.82, 2.24) is 5.32 Å². The maximum atomic E-state index is 10.9. The van der Waals surface area contributed by atoms with Crippen molar-refractivity contribution in [3.05, 3.63) is 0 Å². The number of hydrogen-bond acceptors (Lipinski definition) is 1. The zero-order valence-corrected chi connectivity index (χ0v) is 9.42. The predicted octanol–water partition coefficient (Wildman–Crippen LogP) is 0.607. The van der Waals surface area contributed by atoms with Crippen LogP contribution >= 0.6 is 0 Å². The van der Waals surface area contributed by atoms with E-state index in [4.69, 9.17) is 0 Å². The van der Waals surface area contributed by atoms with Crippen LogP contribution in [0, 0.1) is 11.8 Å². The molecule has 1 heterocycles. The summed E-state index contributed by atoms with van der Waals surface area (Å²) in [6.07, 6.45) is 2.40. The molecule has 1 aliphatic carbocycles. The van der Waals surface area contributed by atoms with E-state index in [0.29, 0.717) is 6.04 Å². The number of nitrogens with zero attached hydrogens (tertiary/aromatic N) is 1. The monoisotopic (exact) mass is 197 g/mol. The number of carbonyl (C=O) groups is 1. The molecule has 1 aliphatic heterocycles. The van der Waals surface area contributed by atoms with Gasteiger partial charge in [0.15, 0.2) is 0 Å². The molecular formula is C11H21N2O+. The summed E-state index contributed by atoms with van der Waals surface area (Å²) in [6.45, 7) is 4.20. The highest BCUT2D eigenvalue weighted by Crippen LogP contribution is 2.39. The Hall–Kier alpha value is -0.570. The Bertz CT molecular complexity index is 234. The molecule has 80 valence electrons. The molecule has 2 rings (SSSR count). The summed E-state index contributed by atoms with van der Waals surface area (Å²) in [4.78, 5) is 10.9. The third-order valence-electron chi connectivity index (χ3n) is 3.71. The van der Waals surface area contributed by atoms with Crippen LogP contribution in [0.25, 0.3) is 0 Å². The number of fused-ring (bicyclic) bond motifs is 1. The predicted molar refractivity (Wildman–Crippen MR) is 55.7 cm³/mol. The lowest BCUT2D eigenvalue weighted by atomic mass is 10.0. The molecule has 1 saturated heterocycles. The summed E-state index contributed by atoms with van der Waals surface area (Å²) in [6, 6.07) is 0.461. The molecule has 0 bridgehead atoms. The van der Waals surface area contributed by atoms with Crippen molar-refractivity contribution in [2.75, 3.05) is 27.2 Å². The van der Waals surface area contributed by atoms with Gasteiger partial charge in [-0.2, -0.15) is 0 Å². The molecule has 1 saturated carbocycles. The van der Waals surface area contributed by atoms with Gasteiger partial charge in [-0.25, -0.2) is 0 Å². The minimum Gasteiger partial charge on any atom is -0.354 e. The standard InChI is InChI=1S/C11H20N2O/c1-8(14)12-11-4-9-6-13(2,3)7-10(9)5-11/h9-11H,4-7H2,1-3H3/p+1. The van der Waals surface area contributed by atoms with Crippen LogP contribution in [0.1, 0.15) is 19.8 Å². The highest BCUT2D eigenvalue weighted by atomic mass is 16.1. The van der Waals surface area contributed by atoms with E-state index in [-0.39, 0.29) is 5.91 Å². The lowest BCUT2D eigenvalue weighted by Crippen LogP contribution is -2.39. The van der Waals surface area contributed by atoms with E-state index in [2.05, 4.69) is 19.4 Å². The molecule has 3 heteroatoms. The molecule has 1 N–H and O–H groups in total. The Morgan fingerprint density at radius 3 is 2.14 bits per heavy atom. The first-order chi connectivity index (χ1) is 6.46. The largest absolute Gasteiger partial charge is 0.354 e. The first-order valence-electron chi connectivity index (χ1n) is 5.55. The van der Waals surface area contributed by atoms with Crippen molar-refractivity contribution >= 4 is 5.91 Å². The van der Waals surface area contributed by atoms with Crippen LogP contribution in [0.15, 0.2) is 0 Å². The maximum absolute atomic E-state index is 10.9. The molecule has 0 aromatic rings. The smallest absolute Gasteiger partial charge is 0.217 e. The first kappa shape index (κ1) is 9.97. The molecule has 2 unspecified atom stereocenters. The zero-order valence-electron chi connectivity index (χ0n) is 9.42. The summed E-state index contributed by atoms with van der Waals surface area (Å²) < 4.78 is 1.17. The normalized spacial score (nSPS) is 39.5.